The van der Waals surface area contributed by atoms with Crippen LogP contribution < -0.4 is 4.90 Å². The molecular weight excluding hydrogens is 339 g/mol. The van der Waals surface area contributed by atoms with Crippen LogP contribution in [-0.2, 0) is 11.2 Å². The van der Waals surface area contributed by atoms with Crippen LogP contribution in [-0.4, -0.2) is 42.8 Å². The molecule has 0 bridgehead atoms. The quantitative estimate of drug-likeness (QED) is 0.768. The molecule has 4 nitrogen and oxygen atoms in total. The average Bonchev–Trinajstić information content (AvgIpc) is 3.13. The normalized spacial score (nSPS) is 14.6. The Hall–Kier alpha value is -2.21. The van der Waals surface area contributed by atoms with E-state index in [0.29, 0.717) is 43.9 Å². The molecule has 1 aromatic heterocycles. The predicted octanol–water partition coefficient (Wildman–Crippen LogP) is 3.37. The van der Waals surface area contributed by atoms with E-state index in [2.05, 4.69) is 0 Å². The zero-order chi connectivity index (χ0) is 17.8. The first-order valence-corrected chi connectivity index (χ1v) is 9.28. The molecule has 2 heterocycles. The molecule has 0 aliphatic carbocycles. The Morgan fingerprint density at radius 1 is 1.16 bits per heavy atom. The molecule has 0 spiro atoms. The van der Waals surface area contributed by atoms with Gasteiger partial charge in [0.05, 0.1) is 5.69 Å². The van der Waals surface area contributed by atoms with Gasteiger partial charge in [0.25, 0.3) is 0 Å². The standard InChI is InChI=1S/C19H21FN2O2S/c1-14(23)15-4-6-18(17(20)13-15)21-8-10-22(11-9-21)19(24)7-5-16-3-2-12-25-16/h2-4,6,12-13H,5,7-11H2,1H3. The van der Waals surface area contributed by atoms with Crippen molar-refractivity contribution in [1.82, 2.24) is 4.90 Å². The fourth-order valence-corrected chi connectivity index (χ4v) is 3.73. The second-order valence-corrected chi connectivity index (χ2v) is 7.20. The molecule has 0 atom stereocenters. The highest BCUT2D eigenvalue weighted by Crippen LogP contribution is 2.22. The van der Waals surface area contributed by atoms with Crippen LogP contribution in [0.1, 0.15) is 28.6 Å². The minimum Gasteiger partial charge on any atom is -0.366 e. The van der Waals surface area contributed by atoms with E-state index in [9.17, 15) is 14.0 Å². The van der Waals surface area contributed by atoms with Crippen molar-refractivity contribution in [2.75, 3.05) is 31.1 Å². The summed E-state index contributed by atoms with van der Waals surface area (Å²) in [7, 11) is 0. The lowest BCUT2D eigenvalue weighted by molar-refractivity contribution is -0.131. The second-order valence-electron chi connectivity index (χ2n) is 6.17. The van der Waals surface area contributed by atoms with Gasteiger partial charge in [0.1, 0.15) is 5.82 Å². The van der Waals surface area contributed by atoms with Crippen molar-refractivity contribution in [3.05, 3.63) is 52.0 Å². The summed E-state index contributed by atoms with van der Waals surface area (Å²) in [4.78, 5) is 28.7. The Morgan fingerprint density at radius 3 is 2.52 bits per heavy atom. The topological polar surface area (TPSA) is 40.6 Å². The minimum absolute atomic E-state index is 0.147. The van der Waals surface area contributed by atoms with E-state index in [4.69, 9.17) is 0 Å². The third-order valence-electron chi connectivity index (χ3n) is 4.49. The Kier molecular flexibility index (Phi) is 5.48. The van der Waals surface area contributed by atoms with Crippen LogP contribution in [0.5, 0.6) is 0 Å². The van der Waals surface area contributed by atoms with E-state index < -0.39 is 0 Å². The summed E-state index contributed by atoms with van der Waals surface area (Å²) >= 11 is 1.67. The Labute approximate surface area is 150 Å². The van der Waals surface area contributed by atoms with Gasteiger partial charge in [-0.2, -0.15) is 0 Å². The number of thiophene rings is 1. The number of benzene rings is 1. The lowest BCUT2D eigenvalue weighted by Crippen LogP contribution is -2.49. The number of amides is 1. The SMILES string of the molecule is CC(=O)c1ccc(N2CCN(C(=O)CCc3cccs3)CC2)c(F)c1. The van der Waals surface area contributed by atoms with Crippen molar-refractivity contribution in [3.63, 3.8) is 0 Å². The smallest absolute Gasteiger partial charge is 0.223 e. The molecule has 0 saturated carbocycles. The van der Waals surface area contributed by atoms with Crippen LogP contribution in [0.15, 0.2) is 35.7 Å². The number of hydrogen-bond donors (Lipinski definition) is 0. The van der Waals surface area contributed by atoms with Gasteiger partial charge in [-0.25, -0.2) is 4.39 Å². The third kappa shape index (κ3) is 4.25. The number of nitrogens with zero attached hydrogens (tertiary/aromatic N) is 2. The van der Waals surface area contributed by atoms with Crippen molar-refractivity contribution in [2.45, 2.75) is 19.8 Å². The van der Waals surface area contributed by atoms with E-state index in [1.807, 2.05) is 27.3 Å². The fourth-order valence-electron chi connectivity index (χ4n) is 3.02. The van der Waals surface area contributed by atoms with E-state index in [1.165, 1.54) is 17.9 Å². The number of carbonyl (C=O) groups is 2. The highest BCUT2D eigenvalue weighted by molar-refractivity contribution is 7.09. The summed E-state index contributed by atoms with van der Waals surface area (Å²) in [6.45, 7) is 3.81. The summed E-state index contributed by atoms with van der Waals surface area (Å²) in [6, 6.07) is 8.63. The monoisotopic (exact) mass is 360 g/mol. The molecular formula is C19H21FN2O2S. The van der Waals surface area contributed by atoms with Crippen molar-refractivity contribution < 1.29 is 14.0 Å². The molecule has 1 amide bonds. The van der Waals surface area contributed by atoms with E-state index in [-0.39, 0.29) is 17.5 Å². The van der Waals surface area contributed by atoms with Crippen molar-refractivity contribution >= 4 is 28.7 Å². The number of ketones is 1. The molecule has 6 heteroatoms. The van der Waals surface area contributed by atoms with E-state index >= 15 is 0 Å². The Balaban J connectivity index is 1.54. The molecule has 0 unspecified atom stereocenters. The van der Waals surface area contributed by atoms with Gasteiger partial charge in [0, 0.05) is 43.0 Å². The highest BCUT2D eigenvalue weighted by atomic mass is 32.1. The maximum Gasteiger partial charge on any atom is 0.223 e. The first-order chi connectivity index (χ1) is 12.0. The lowest BCUT2D eigenvalue weighted by Gasteiger charge is -2.36. The van der Waals surface area contributed by atoms with Crippen LogP contribution >= 0.6 is 11.3 Å². The van der Waals surface area contributed by atoms with Crippen LogP contribution in [0.25, 0.3) is 0 Å². The molecule has 1 fully saturated rings. The lowest BCUT2D eigenvalue weighted by atomic mass is 10.1. The van der Waals surface area contributed by atoms with Crippen LogP contribution in [0, 0.1) is 5.82 Å². The number of aryl methyl sites for hydroxylation is 1. The molecule has 1 aromatic carbocycles. The minimum atomic E-state index is -0.384. The van der Waals surface area contributed by atoms with E-state index in [0.717, 1.165) is 6.42 Å². The molecule has 2 aromatic rings. The number of carbonyl (C=O) groups excluding carboxylic acids is 2. The number of anilines is 1. The Morgan fingerprint density at radius 2 is 1.92 bits per heavy atom. The van der Waals surface area contributed by atoms with Crippen molar-refractivity contribution in [3.8, 4) is 0 Å². The van der Waals surface area contributed by atoms with Gasteiger partial charge < -0.3 is 9.80 Å². The zero-order valence-electron chi connectivity index (χ0n) is 14.2. The summed E-state index contributed by atoms with van der Waals surface area (Å²) in [5.74, 6) is -0.378. The number of rotatable bonds is 5. The van der Waals surface area contributed by atoms with Crippen molar-refractivity contribution in [2.24, 2.45) is 0 Å². The molecule has 25 heavy (non-hydrogen) atoms. The van der Waals surface area contributed by atoms with Crippen LogP contribution in [0.4, 0.5) is 10.1 Å². The molecule has 0 N–H and O–H groups in total. The van der Waals surface area contributed by atoms with Gasteiger partial charge in [-0.1, -0.05) is 6.07 Å². The number of Topliss-reactive ketones (excluding diaryl/α,β-unsaturated/α-hetero) is 1. The van der Waals surface area contributed by atoms with Crippen LogP contribution in [0.2, 0.25) is 0 Å². The van der Waals surface area contributed by atoms with Gasteiger partial charge in [0.2, 0.25) is 5.91 Å². The van der Waals surface area contributed by atoms with Crippen LogP contribution in [0.3, 0.4) is 0 Å². The van der Waals surface area contributed by atoms with Gasteiger partial charge in [-0.05, 0) is 43.0 Å². The molecule has 3 rings (SSSR count). The largest absolute Gasteiger partial charge is 0.366 e. The molecule has 132 valence electrons. The maximum absolute atomic E-state index is 14.3. The number of halogens is 1. The zero-order valence-corrected chi connectivity index (χ0v) is 15.0. The van der Waals surface area contributed by atoms with Gasteiger partial charge in [-0.15, -0.1) is 11.3 Å². The predicted molar refractivity (Wildman–Crippen MR) is 97.8 cm³/mol. The fraction of sp³-hybridized carbons (Fsp3) is 0.368. The molecule has 1 aliphatic rings. The second kappa shape index (κ2) is 7.78. The molecule has 1 aliphatic heterocycles. The summed E-state index contributed by atoms with van der Waals surface area (Å²) in [5.41, 5.74) is 0.874. The van der Waals surface area contributed by atoms with Gasteiger partial charge in [0.15, 0.2) is 5.78 Å². The maximum atomic E-state index is 14.3. The summed E-state index contributed by atoms with van der Waals surface area (Å²) in [6.07, 6.45) is 1.29. The summed E-state index contributed by atoms with van der Waals surface area (Å²) in [5, 5.41) is 2.02. The average molecular weight is 360 g/mol. The third-order valence-corrected chi connectivity index (χ3v) is 5.43. The highest BCUT2D eigenvalue weighted by Gasteiger charge is 2.23. The van der Waals surface area contributed by atoms with Gasteiger partial charge >= 0.3 is 0 Å². The Bertz CT molecular complexity index is 753. The van der Waals surface area contributed by atoms with E-state index in [1.54, 1.807) is 23.5 Å². The van der Waals surface area contributed by atoms with Crippen molar-refractivity contribution in [1.29, 1.82) is 0 Å². The number of hydrogen-bond acceptors (Lipinski definition) is 4. The first kappa shape index (κ1) is 17.6. The molecule has 0 radical (unpaired) electrons. The molecule has 1 saturated heterocycles. The first-order valence-electron chi connectivity index (χ1n) is 8.40. The summed E-state index contributed by atoms with van der Waals surface area (Å²) < 4.78 is 14.3. The number of piperazine rings is 1. The van der Waals surface area contributed by atoms with Gasteiger partial charge in [-0.3, -0.25) is 9.59 Å².